The molecule has 2 fully saturated rings. The fourth-order valence-corrected chi connectivity index (χ4v) is 2.49. The lowest BCUT2D eigenvalue weighted by atomic mass is 9.80. The number of carbonyl (C=O) groups is 1. The lowest BCUT2D eigenvalue weighted by molar-refractivity contribution is -0.128. The third-order valence-corrected chi connectivity index (χ3v) is 3.28. The number of piperidine rings is 2. The van der Waals surface area contributed by atoms with Gasteiger partial charge in [0.1, 0.15) is 0 Å². The van der Waals surface area contributed by atoms with Crippen LogP contribution < -0.4 is 10.6 Å². The molecule has 2 N–H and O–H groups in total. The van der Waals surface area contributed by atoms with E-state index >= 15 is 0 Å². The summed E-state index contributed by atoms with van der Waals surface area (Å²) in [5, 5.41) is 6.31. The van der Waals surface area contributed by atoms with Crippen molar-refractivity contribution in [2.24, 2.45) is 11.8 Å². The van der Waals surface area contributed by atoms with Crippen LogP contribution in [0.4, 0.5) is 0 Å². The summed E-state index contributed by atoms with van der Waals surface area (Å²) in [5.74, 6) is 1.26. The van der Waals surface area contributed by atoms with Crippen LogP contribution in [0.3, 0.4) is 0 Å². The first kappa shape index (κ1) is 9.00. The first-order chi connectivity index (χ1) is 6.38. The van der Waals surface area contributed by atoms with Gasteiger partial charge in [0.2, 0.25) is 5.91 Å². The maximum Gasteiger partial charge on any atom is 0.223 e. The Bertz CT molecular complexity index is 187. The summed E-state index contributed by atoms with van der Waals surface area (Å²) in [4.78, 5) is 11.6. The van der Waals surface area contributed by atoms with E-state index in [1.165, 1.54) is 19.3 Å². The fraction of sp³-hybridized carbons (Fsp3) is 0.900. The Morgan fingerprint density at radius 3 is 2.54 bits per heavy atom. The third kappa shape index (κ3) is 2.02. The highest BCUT2D eigenvalue weighted by Crippen LogP contribution is 2.27. The standard InChI is InChI=1S/C10H18N2O/c13-10-9(2-1-5-12-10)8-3-6-11-7-4-8/h8-9,11H,1-7H2,(H,12,13). The molecule has 0 aliphatic carbocycles. The van der Waals surface area contributed by atoms with E-state index in [0.29, 0.717) is 17.7 Å². The molecule has 2 aliphatic rings. The zero-order valence-corrected chi connectivity index (χ0v) is 8.01. The first-order valence-corrected chi connectivity index (χ1v) is 5.36. The van der Waals surface area contributed by atoms with E-state index in [9.17, 15) is 4.79 Å². The molecule has 0 spiro atoms. The van der Waals surface area contributed by atoms with Gasteiger partial charge in [-0.1, -0.05) is 0 Å². The lowest BCUT2D eigenvalue weighted by Gasteiger charge is -2.32. The summed E-state index contributed by atoms with van der Waals surface area (Å²) in [6.45, 7) is 3.07. The van der Waals surface area contributed by atoms with Crippen molar-refractivity contribution in [1.29, 1.82) is 0 Å². The van der Waals surface area contributed by atoms with E-state index in [1.54, 1.807) is 0 Å². The van der Waals surface area contributed by atoms with Crippen LogP contribution >= 0.6 is 0 Å². The van der Waals surface area contributed by atoms with Crippen molar-refractivity contribution in [3.05, 3.63) is 0 Å². The predicted molar refractivity (Wildman–Crippen MR) is 51.3 cm³/mol. The minimum Gasteiger partial charge on any atom is -0.356 e. The molecule has 0 radical (unpaired) electrons. The molecule has 0 saturated carbocycles. The Morgan fingerprint density at radius 2 is 1.85 bits per heavy atom. The predicted octanol–water partition coefficient (Wildman–Crippen LogP) is 0.512. The van der Waals surface area contributed by atoms with Gasteiger partial charge < -0.3 is 10.6 Å². The second kappa shape index (κ2) is 4.09. The lowest BCUT2D eigenvalue weighted by Crippen LogP contribution is -2.43. The Labute approximate surface area is 79.3 Å². The van der Waals surface area contributed by atoms with Crippen LogP contribution in [0.15, 0.2) is 0 Å². The van der Waals surface area contributed by atoms with Crippen molar-refractivity contribution < 1.29 is 4.79 Å². The van der Waals surface area contributed by atoms with Crippen molar-refractivity contribution in [2.45, 2.75) is 25.7 Å². The number of hydrogen-bond donors (Lipinski definition) is 2. The maximum absolute atomic E-state index is 11.6. The van der Waals surface area contributed by atoms with Crippen molar-refractivity contribution in [2.75, 3.05) is 19.6 Å². The molecular weight excluding hydrogens is 164 g/mol. The van der Waals surface area contributed by atoms with Crippen LogP contribution in [-0.2, 0) is 4.79 Å². The van der Waals surface area contributed by atoms with Gasteiger partial charge in [-0.3, -0.25) is 4.79 Å². The van der Waals surface area contributed by atoms with Crippen molar-refractivity contribution >= 4 is 5.91 Å². The van der Waals surface area contributed by atoms with Crippen LogP contribution in [0.25, 0.3) is 0 Å². The highest BCUT2D eigenvalue weighted by molar-refractivity contribution is 5.79. The molecule has 2 rings (SSSR count). The zero-order chi connectivity index (χ0) is 9.10. The van der Waals surface area contributed by atoms with Crippen molar-refractivity contribution in [3.63, 3.8) is 0 Å². The number of nitrogens with one attached hydrogen (secondary N) is 2. The Balaban J connectivity index is 1.92. The maximum atomic E-state index is 11.6. The largest absolute Gasteiger partial charge is 0.356 e. The van der Waals surface area contributed by atoms with Gasteiger partial charge in [0.25, 0.3) is 0 Å². The molecule has 0 bridgehead atoms. The summed E-state index contributed by atoms with van der Waals surface area (Å²) in [5.41, 5.74) is 0. The normalized spacial score (nSPS) is 31.4. The molecule has 2 aliphatic heterocycles. The van der Waals surface area contributed by atoms with E-state index in [2.05, 4.69) is 10.6 Å². The molecule has 0 aromatic heterocycles. The topological polar surface area (TPSA) is 41.1 Å². The molecule has 0 aromatic rings. The van der Waals surface area contributed by atoms with E-state index in [4.69, 9.17) is 0 Å². The molecule has 1 amide bonds. The molecule has 1 atom stereocenters. The van der Waals surface area contributed by atoms with Crippen LogP contribution in [0.2, 0.25) is 0 Å². The summed E-state index contributed by atoms with van der Waals surface area (Å²) in [6.07, 6.45) is 4.63. The molecule has 0 aromatic carbocycles. The molecule has 1 unspecified atom stereocenters. The van der Waals surface area contributed by atoms with Crippen LogP contribution in [0.5, 0.6) is 0 Å². The van der Waals surface area contributed by atoms with Crippen LogP contribution in [-0.4, -0.2) is 25.5 Å². The van der Waals surface area contributed by atoms with Gasteiger partial charge in [0.15, 0.2) is 0 Å². The van der Waals surface area contributed by atoms with Crippen molar-refractivity contribution in [1.82, 2.24) is 10.6 Å². The molecule has 2 saturated heterocycles. The Hall–Kier alpha value is -0.570. The monoisotopic (exact) mass is 182 g/mol. The first-order valence-electron chi connectivity index (χ1n) is 5.36. The zero-order valence-electron chi connectivity index (χ0n) is 8.01. The highest BCUT2D eigenvalue weighted by atomic mass is 16.1. The average Bonchev–Trinajstić information content (AvgIpc) is 2.20. The van der Waals surface area contributed by atoms with E-state index in [0.717, 1.165) is 26.1 Å². The van der Waals surface area contributed by atoms with E-state index in [1.807, 2.05) is 0 Å². The van der Waals surface area contributed by atoms with Crippen LogP contribution in [0, 0.1) is 11.8 Å². The van der Waals surface area contributed by atoms with Gasteiger partial charge in [-0.2, -0.15) is 0 Å². The number of hydrogen-bond acceptors (Lipinski definition) is 2. The highest BCUT2D eigenvalue weighted by Gasteiger charge is 2.30. The van der Waals surface area contributed by atoms with Gasteiger partial charge >= 0.3 is 0 Å². The summed E-state index contributed by atoms with van der Waals surface area (Å²) >= 11 is 0. The quantitative estimate of drug-likeness (QED) is 0.620. The molecule has 13 heavy (non-hydrogen) atoms. The van der Waals surface area contributed by atoms with Gasteiger partial charge in [-0.05, 0) is 44.7 Å². The second-order valence-electron chi connectivity index (χ2n) is 4.13. The summed E-state index contributed by atoms with van der Waals surface area (Å²) in [6, 6.07) is 0. The third-order valence-electron chi connectivity index (χ3n) is 3.28. The second-order valence-corrected chi connectivity index (χ2v) is 4.13. The van der Waals surface area contributed by atoms with Crippen molar-refractivity contribution in [3.8, 4) is 0 Å². The minimum absolute atomic E-state index is 0.304. The molecule has 2 heterocycles. The van der Waals surface area contributed by atoms with Crippen LogP contribution in [0.1, 0.15) is 25.7 Å². The molecule has 74 valence electrons. The SMILES string of the molecule is O=C1NCCCC1C1CCNCC1. The van der Waals surface area contributed by atoms with E-state index in [-0.39, 0.29) is 0 Å². The summed E-state index contributed by atoms with van der Waals surface area (Å²) in [7, 11) is 0. The number of amides is 1. The number of carbonyl (C=O) groups excluding carboxylic acids is 1. The molecule has 3 nitrogen and oxygen atoms in total. The Morgan fingerprint density at radius 1 is 1.08 bits per heavy atom. The molecule has 3 heteroatoms. The smallest absolute Gasteiger partial charge is 0.223 e. The van der Waals surface area contributed by atoms with E-state index < -0.39 is 0 Å². The van der Waals surface area contributed by atoms with Gasteiger partial charge in [0, 0.05) is 12.5 Å². The Kier molecular flexibility index (Phi) is 2.83. The fourth-order valence-electron chi connectivity index (χ4n) is 2.49. The minimum atomic E-state index is 0.304. The summed E-state index contributed by atoms with van der Waals surface area (Å²) < 4.78 is 0. The van der Waals surface area contributed by atoms with Gasteiger partial charge in [0.05, 0.1) is 0 Å². The average molecular weight is 182 g/mol. The molecular formula is C10H18N2O. The van der Waals surface area contributed by atoms with Gasteiger partial charge in [-0.25, -0.2) is 0 Å². The number of rotatable bonds is 1. The van der Waals surface area contributed by atoms with Gasteiger partial charge in [-0.15, -0.1) is 0 Å².